The van der Waals surface area contributed by atoms with Crippen molar-refractivity contribution in [3.8, 4) is 0 Å². The van der Waals surface area contributed by atoms with Crippen molar-refractivity contribution in [2.75, 3.05) is 26.2 Å². The summed E-state index contributed by atoms with van der Waals surface area (Å²) in [6.45, 7) is 7.00. The smallest absolute Gasteiger partial charge is 0.409 e. The van der Waals surface area contributed by atoms with Gasteiger partial charge in [0.2, 0.25) is 0 Å². The number of ether oxygens (including phenoxy) is 1. The molecule has 0 spiro atoms. The normalized spacial score (nSPS) is 26.7. The van der Waals surface area contributed by atoms with Crippen LogP contribution in [0.5, 0.6) is 0 Å². The SMILES string of the molecule is CCOC(=O)N1CCC(NCCCC(CC)N2C(=O)NC3CCCCC32)CC1. The van der Waals surface area contributed by atoms with E-state index in [1.807, 2.05) is 6.92 Å². The number of piperidine rings is 1. The topological polar surface area (TPSA) is 73.9 Å². The predicted octanol–water partition coefficient (Wildman–Crippen LogP) is 3.09. The standard InChI is InChI=1S/C21H38N4O3/c1-3-17(25-19-10-6-5-9-18(19)23-20(25)26)8-7-13-22-16-11-14-24(15-12-16)21(27)28-4-2/h16-19,22H,3-15H2,1-2H3,(H,23,26). The van der Waals surface area contributed by atoms with Crippen LogP contribution in [0.2, 0.25) is 0 Å². The van der Waals surface area contributed by atoms with E-state index in [1.165, 1.54) is 12.8 Å². The van der Waals surface area contributed by atoms with E-state index in [9.17, 15) is 9.59 Å². The van der Waals surface area contributed by atoms with Gasteiger partial charge in [-0.1, -0.05) is 19.8 Å². The zero-order valence-electron chi connectivity index (χ0n) is 17.6. The Balaban J connectivity index is 1.36. The van der Waals surface area contributed by atoms with Gasteiger partial charge in [-0.2, -0.15) is 0 Å². The second kappa shape index (κ2) is 10.3. The van der Waals surface area contributed by atoms with Crippen LogP contribution < -0.4 is 10.6 Å². The number of amides is 3. The fourth-order valence-electron chi connectivity index (χ4n) is 5.10. The molecule has 0 bridgehead atoms. The molecule has 2 N–H and O–H groups in total. The van der Waals surface area contributed by atoms with Gasteiger partial charge in [0.05, 0.1) is 18.7 Å². The Morgan fingerprint density at radius 3 is 2.68 bits per heavy atom. The summed E-state index contributed by atoms with van der Waals surface area (Å²) < 4.78 is 5.08. The van der Waals surface area contributed by atoms with Crippen molar-refractivity contribution in [3.05, 3.63) is 0 Å². The summed E-state index contributed by atoms with van der Waals surface area (Å²) in [6.07, 6.45) is 9.71. The number of hydrogen-bond acceptors (Lipinski definition) is 4. The molecule has 3 aliphatic rings. The van der Waals surface area contributed by atoms with Gasteiger partial charge in [0.1, 0.15) is 0 Å². The molecule has 3 unspecified atom stereocenters. The van der Waals surface area contributed by atoms with Crippen molar-refractivity contribution in [3.63, 3.8) is 0 Å². The number of nitrogens with zero attached hydrogens (tertiary/aromatic N) is 2. The lowest BCUT2D eigenvalue weighted by Crippen LogP contribution is -2.46. The number of hydrogen-bond donors (Lipinski definition) is 2. The molecule has 3 amide bonds. The minimum absolute atomic E-state index is 0.156. The van der Waals surface area contributed by atoms with Crippen LogP contribution >= 0.6 is 0 Å². The van der Waals surface area contributed by atoms with E-state index in [0.29, 0.717) is 30.8 Å². The van der Waals surface area contributed by atoms with E-state index in [4.69, 9.17) is 4.74 Å². The molecule has 3 fully saturated rings. The maximum absolute atomic E-state index is 12.5. The number of urea groups is 1. The van der Waals surface area contributed by atoms with Gasteiger partial charge in [-0.05, 0) is 58.4 Å². The first-order chi connectivity index (χ1) is 13.6. The Labute approximate surface area is 169 Å². The Bertz CT molecular complexity index is 522. The molecule has 2 aliphatic heterocycles. The molecular formula is C21H38N4O3. The van der Waals surface area contributed by atoms with E-state index < -0.39 is 0 Å². The number of fused-ring (bicyclic) bond motifs is 1. The second-order valence-corrected chi connectivity index (χ2v) is 8.43. The van der Waals surface area contributed by atoms with Gasteiger partial charge in [-0.15, -0.1) is 0 Å². The zero-order chi connectivity index (χ0) is 19.9. The highest BCUT2D eigenvalue weighted by atomic mass is 16.6. The largest absolute Gasteiger partial charge is 0.450 e. The van der Waals surface area contributed by atoms with E-state index in [1.54, 1.807) is 4.90 Å². The van der Waals surface area contributed by atoms with Crippen LogP contribution in [0, 0.1) is 0 Å². The van der Waals surface area contributed by atoms with Crippen molar-refractivity contribution >= 4 is 12.1 Å². The molecule has 0 aromatic carbocycles. The van der Waals surface area contributed by atoms with Gasteiger partial charge < -0.3 is 25.2 Å². The van der Waals surface area contributed by atoms with E-state index in [2.05, 4.69) is 22.5 Å². The quantitative estimate of drug-likeness (QED) is 0.621. The van der Waals surface area contributed by atoms with Crippen LogP contribution in [0.3, 0.4) is 0 Å². The van der Waals surface area contributed by atoms with E-state index in [0.717, 1.165) is 64.6 Å². The molecule has 2 saturated heterocycles. The summed E-state index contributed by atoms with van der Waals surface area (Å²) in [5.74, 6) is 0. The van der Waals surface area contributed by atoms with Crippen LogP contribution in [0.25, 0.3) is 0 Å². The highest BCUT2D eigenvalue weighted by Gasteiger charge is 2.42. The number of carbonyl (C=O) groups is 2. The zero-order valence-corrected chi connectivity index (χ0v) is 17.6. The number of likely N-dealkylation sites (tertiary alicyclic amines) is 1. The van der Waals surface area contributed by atoms with Gasteiger partial charge in [-0.25, -0.2) is 9.59 Å². The summed E-state index contributed by atoms with van der Waals surface area (Å²) in [5, 5.41) is 6.87. The highest BCUT2D eigenvalue weighted by Crippen LogP contribution is 2.31. The molecule has 0 radical (unpaired) electrons. The summed E-state index contributed by atoms with van der Waals surface area (Å²) in [4.78, 5) is 28.3. The van der Waals surface area contributed by atoms with Crippen molar-refractivity contribution in [2.24, 2.45) is 0 Å². The monoisotopic (exact) mass is 394 g/mol. The van der Waals surface area contributed by atoms with E-state index in [-0.39, 0.29) is 12.1 Å². The first-order valence-electron chi connectivity index (χ1n) is 11.4. The average molecular weight is 395 g/mol. The third-order valence-corrected chi connectivity index (χ3v) is 6.66. The molecule has 1 aliphatic carbocycles. The lowest BCUT2D eigenvalue weighted by Gasteiger charge is -2.35. The number of rotatable bonds is 8. The average Bonchev–Trinajstić information content (AvgIpc) is 3.04. The Morgan fingerprint density at radius 1 is 1.21 bits per heavy atom. The maximum atomic E-state index is 12.5. The third-order valence-electron chi connectivity index (χ3n) is 6.66. The van der Waals surface area contributed by atoms with Crippen molar-refractivity contribution in [1.82, 2.24) is 20.4 Å². The van der Waals surface area contributed by atoms with Crippen LogP contribution in [-0.4, -0.2) is 72.3 Å². The van der Waals surface area contributed by atoms with Crippen LogP contribution in [0.4, 0.5) is 9.59 Å². The van der Waals surface area contributed by atoms with Gasteiger partial charge in [0, 0.05) is 25.2 Å². The van der Waals surface area contributed by atoms with Crippen LogP contribution in [0.15, 0.2) is 0 Å². The minimum Gasteiger partial charge on any atom is -0.450 e. The molecule has 2 heterocycles. The highest BCUT2D eigenvalue weighted by molar-refractivity contribution is 5.78. The third kappa shape index (κ3) is 5.10. The van der Waals surface area contributed by atoms with Gasteiger partial charge in [-0.3, -0.25) is 0 Å². The molecule has 28 heavy (non-hydrogen) atoms. The first-order valence-corrected chi connectivity index (χ1v) is 11.4. The summed E-state index contributed by atoms with van der Waals surface area (Å²) in [5.41, 5.74) is 0. The van der Waals surface area contributed by atoms with Gasteiger partial charge >= 0.3 is 12.1 Å². The molecule has 3 atom stereocenters. The minimum atomic E-state index is -0.184. The lowest BCUT2D eigenvalue weighted by molar-refractivity contribution is 0.0949. The molecule has 7 nitrogen and oxygen atoms in total. The second-order valence-electron chi connectivity index (χ2n) is 8.43. The maximum Gasteiger partial charge on any atom is 0.409 e. The molecule has 160 valence electrons. The number of carbonyl (C=O) groups excluding carboxylic acids is 2. The van der Waals surface area contributed by atoms with Crippen LogP contribution in [0.1, 0.15) is 71.6 Å². The summed E-state index contributed by atoms with van der Waals surface area (Å²) in [7, 11) is 0. The van der Waals surface area contributed by atoms with Crippen molar-refractivity contribution < 1.29 is 14.3 Å². The Morgan fingerprint density at radius 2 is 1.96 bits per heavy atom. The first kappa shape index (κ1) is 21.2. The summed E-state index contributed by atoms with van der Waals surface area (Å²) in [6, 6.07) is 1.76. The van der Waals surface area contributed by atoms with Crippen molar-refractivity contribution in [2.45, 2.75) is 95.8 Å². The van der Waals surface area contributed by atoms with Gasteiger partial charge in [0.15, 0.2) is 0 Å². The van der Waals surface area contributed by atoms with Crippen molar-refractivity contribution in [1.29, 1.82) is 0 Å². The van der Waals surface area contributed by atoms with Gasteiger partial charge in [0.25, 0.3) is 0 Å². The molecule has 3 rings (SSSR count). The molecule has 0 aromatic heterocycles. The lowest BCUT2D eigenvalue weighted by atomic mass is 9.89. The Hall–Kier alpha value is -1.50. The molecule has 1 saturated carbocycles. The number of nitrogens with one attached hydrogen (secondary N) is 2. The van der Waals surface area contributed by atoms with Crippen LogP contribution in [-0.2, 0) is 4.74 Å². The fourth-order valence-corrected chi connectivity index (χ4v) is 5.10. The molecule has 7 heteroatoms. The molecule has 0 aromatic rings. The Kier molecular flexibility index (Phi) is 7.82. The summed E-state index contributed by atoms with van der Waals surface area (Å²) >= 11 is 0. The predicted molar refractivity (Wildman–Crippen MR) is 109 cm³/mol. The fraction of sp³-hybridized carbons (Fsp3) is 0.905. The van der Waals surface area contributed by atoms with E-state index >= 15 is 0 Å². The molecular weight excluding hydrogens is 356 g/mol.